The lowest BCUT2D eigenvalue weighted by atomic mass is 10.2. The lowest BCUT2D eigenvalue weighted by Gasteiger charge is -1.89. The van der Waals surface area contributed by atoms with E-state index in [2.05, 4.69) is 31.9 Å². The number of hydrogen-bond donors (Lipinski definition) is 0. The maximum absolute atomic E-state index is 10.6. The van der Waals surface area contributed by atoms with E-state index in [0.29, 0.717) is 11.8 Å². The molecular formula is C5H6Br2O2. The van der Waals surface area contributed by atoms with Crippen molar-refractivity contribution in [2.45, 2.75) is 6.42 Å². The summed E-state index contributed by atoms with van der Waals surface area (Å²) in [7, 11) is 0. The molecular weight excluding hydrogens is 252 g/mol. The molecule has 0 aromatic rings. The molecule has 0 aliphatic rings. The zero-order valence-corrected chi connectivity index (χ0v) is 7.87. The third kappa shape index (κ3) is 3.81. The van der Waals surface area contributed by atoms with Crippen molar-refractivity contribution in [3.8, 4) is 0 Å². The van der Waals surface area contributed by atoms with Crippen molar-refractivity contribution in [3.05, 3.63) is 0 Å². The predicted molar refractivity (Wildman–Crippen MR) is 42.2 cm³/mol. The first-order valence-corrected chi connectivity index (χ1v) is 4.64. The number of rotatable bonds is 4. The molecule has 0 spiro atoms. The summed E-state index contributed by atoms with van der Waals surface area (Å²) in [6, 6.07) is 0. The van der Waals surface area contributed by atoms with Gasteiger partial charge in [0, 0.05) is 11.8 Å². The molecule has 0 N–H and O–H groups in total. The van der Waals surface area contributed by atoms with Crippen molar-refractivity contribution in [1.82, 2.24) is 0 Å². The van der Waals surface area contributed by atoms with Crippen LogP contribution in [0.3, 0.4) is 0 Å². The quantitative estimate of drug-likeness (QED) is 0.562. The molecule has 0 aliphatic carbocycles. The second kappa shape index (κ2) is 5.11. The average molecular weight is 258 g/mol. The van der Waals surface area contributed by atoms with E-state index in [4.69, 9.17) is 0 Å². The molecule has 0 unspecified atom stereocenters. The molecule has 52 valence electrons. The van der Waals surface area contributed by atoms with Gasteiger partial charge in [0.15, 0.2) is 5.78 Å². The van der Waals surface area contributed by atoms with Gasteiger partial charge in [-0.1, -0.05) is 31.9 Å². The lowest BCUT2D eigenvalue weighted by molar-refractivity contribution is -0.134. The highest BCUT2D eigenvalue weighted by Gasteiger charge is 2.09. The molecule has 0 amide bonds. The Morgan fingerprint density at radius 2 is 1.67 bits per heavy atom. The standard InChI is InChI=1S/C5H6Br2O2/c6-2-1-4(8)5(9)3-7/h1-3H2. The third-order valence-electron chi connectivity index (χ3n) is 0.754. The van der Waals surface area contributed by atoms with Gasteiger partial charge in [-0.3, -0.25) is 9.59 Å². The molecule has 2 nitrogen and oxygen atoms in total. The van der Waals surface area contributed by atoms with Crippen LogP contribution in [0.1, 0.15) is 6.42 Å². The highest BCUT2D eigenvalue weighted by atomic mass is 79.9. The maximum atomic E-state index is 10.6. The van der Waals surface area contributed by atoms with Gasteiger partial charge in [-0.25, -0.2) is 0 Å². The summed E-state index contributed by atoms with van der Waals surface area (Å²) >= 11 is 5.96. The molecule has 4 heteroatoms. The summed E-state index contributed by atoms with van der Waals surface area (Å²) in [5, 5.41) is 0.698. The molecule has 0 saturated heterocycles. The minimum atomic E-state index is -0.352. The minimum Gasteiger partial charge on any atom is -0.291 e. The summed E-state index contributed by atoms with van der Waals surface area (Å²) in [6.45, 7) is 0. The van der Waals surface area contributed by atoms with Crippen LogP contribution in [-0.2, 0) is 9.59 Å². The van der Waals surface area contributed by atoms with Crippen LogP contribution < -0.4 is 0 Å². The Morgan fingerprint density at radius 3 is 2.00 bits per heavy atom. The molecule has 0 aliphatic heterocycles. The first-order valence-electron chi connectivity index (χ1n) is 2.40. The third-order valence-corrected chi connectivity index (χ3v) is 1.66. The van der Waals surface area contributed by atoms with E-state index >= 15 is 0 Å². The Balaban J connectivity index is 3.60. The van der Waals surface area contributed by atoms with E-state index in [1.54, 1.807) is 0 Å². The summed E-state index contributed by atoms with van der Waals surface area (Å²) in [6.07, 6.45) is 0.296. The summed E-state index contributed by atoms with van der Waals surface area (Å²) in [5.74, 6) is -0.668. The van der Waals surface area contributed by atoms with Crippen molar-refractivity contribution in [2.75, 3.05) is 10.7 Å². The summed E-state index contributed by atoms with van der Waals surface area (Å²) in [5.41, 5.74) is 0. The van der Waals surface area contributed by atoms with Gasteiger partial charge in [-0.15, -0.1) is 0 Å². The van der Waals surface area contributed by atoms with Crippen molar-refractivity contribution < 1.29 is 9.59 Å². The predicted octanol–water partition coefficient (Wildman–Crippen LogP) is 1.30. The van der Waals surface area contributed by atoms with E-state index in [1.165, 1.54) is 0 Å². The van der Waals surface area contributed by atoms with Gasteiger partial charge in [0.05, 0.1) is 5.33 Å². The van der Waals surface area contributed by atoms with Crippen molar-refractivity contribution in [3.63, 3.8) is 0 Å². The summed E-state index contributed by atoms with van der Waals surface area (Å²) in [4.78, 5) is 21.0. The number of ketones is 2. The number of carbonyl (C=O) groups excluding carboxylic acids is 2. The molecule has 0 saturated carbocycles. The van der Waals surface area contributed by atoms with Gasteiger partial charge in [-0.05, 0) is 0 Å². The van der Waals surface area contributed by atoms with Crippen LogP contribution in [-0.4, -0.2) is 22.2 Å². The van der Waals surface area contributed by atoms with Gasteiger partial charge < -0.3 is 0 Å². The second-order valence-corrected chi connectivity index (χ2v) is 2.77. The highest BCUT2D eigenvalue weighted by molar-refractivity contribution is 9.09. The van der Waals surface area contributed by atoms with Crippen molar-refractivity contribution >= 4 is 43.4 Å². The number of alkyl halides is 2. The number of halogens is 2. The number of hydrogen-bond acceptors (Lipinski definition) is 2. The zero-order chi connectivity index (χ0) is 7.28. The van der Waals surface area contributed by atoms with Gasteiger partial charge in [0.25, 0.3) is 0 Å². The molecule has 0 aromatic heterocycles. The molecule has 0 radical (unpaired) electrons. The molecule has 0 heterocycles. The van der Waals surface area contributed by atoms with Crippen molar-refractivity contribution in [1.29, 1.82) is 0 Å². The van der Waals surface area contributed by atoms with E-state index in [0.717, 1.165) is 0 Å². The Hall–Kier alpha value is 0.300. The zero-order valence-electron chi connectivity index (χ0n) is 4.69. The fraction of sp³-hybridized carbons (Fsp3) is 0.600. The molecule has 0 fully saturated rings. The molecule has 0 rings (SSSR count). The van der Waals surface area contributed by atoms with Crippen LogP contribution in [0.25, 0.3) is 0 Å². The number of carbonyl (C=O) groups is 2. The fourth-order valence-electron chi connectivity index (χ4n) is 0.300. The second-order valence-electron chi connectivity index (χ2n) is 1.42. The van der Waals surface area contributed by atoms with Gasteiger partial charge in [-0.2, -0.15) is 0 Å². The van der Waals surface area contributed by atoms with E-state index < -0.39 is 0 Å². The average Bonchev–Trinajstić information content (AvgIpc) is 1.87. The van der Waals surface area contributed by atoms with Crippen LogP contribution in [0.2, 0.25) is 0 Å². The molecule has 0 aromatic carbocycles. The van der Waals surface area contributed by atoms with Crippen LogP contribution >= 0.6 is 31.9 Å². The molecule has 9 heavy (non-hydrogen) atoms. The minimum absolute atomic E-state index is 0.138. The monoisotopic (exact) mass is 256 g/mol. The first-order chi connectivity index (χ1) is 4.22. The summed E-state index contributed by atoms with van der Waals surface area (Å²) < 4.78 is 0. The van der Waals surface area contributed by atoms with E-state index in [-0.39, 0.29) is 16.9 Å². The molecule has 0 atom stereocenters. The lowest BCUT2D eigenvalue weighted by Crippen LogP contribution is -2.14. The Morgan fingerprint density at radius 1 is 1.11 bits per heavy atom. The van der Waals surface area contributed by atoms with Crippen LogP contribution in [0.5, 0.6) is 0 Å². The van der Waals surface area contributed by atoms with E-state index in [9.17, 15) is 9.59 Å². The normalized spacial score (nSPS) is 9.11. The van der Waals surface area contributed by atoms with Crippen LogP contribution in [0, 0.1) is 0 Å². The SMILES string of the molecule is O=C(CBr)C(=O)CCBr. The maximum Gasteiger partial charge on any atom is 0.208 e. The Labute approximate surface area is 70.3 Å². The van der Waals surface area contributed by atoms with Crippen molar-refractivity contribution in [2.24, 2.45) is 0 Å². The van der Waals surface area contributed by atoms with Crippen LogP contribution in [0.15, 0.2) is 0 Å². The van der Waals surface area contributed by atoms with Crippen LogP contribution in [0.4, 0.5) is 0 Å². The van der Waals surface area contributed by atoms with Gasteiger partial charge >= 0.3 is 0 Å². The Kier molecular flexibility index (Phi) is 5.28. The molecule has 0 bridgehead atoms. The van der Waals surface area contributed by atoms with Gasteiger partial charge in [0.1, 0.15) is 0 Å². The largest absolute Gasteiger partial charge is 0.291 e. The van der Waals surface area contributed by atoms with E-state index in [1.807, 2.05) is 0 Å². The number of Topliss-reactive ketones (excluding diaryl/α,β-unsaturated/α-hetero) is 2. The smallest absolute Gasteiger partial charge is 0.208 e. The fourth-order valence-corrected chi connectivity index (χ4v) is 0.973. The first kappa shape index (κ1) is 9.30. The topological polar surface area (TPSA) is 34.1 Å². The Bertz CT molecular complexity index is 122. The van der Waals surface area contributed by atoms with Gasteiger partial charge in [0.2, 0.25) is 5.78 Å². The highest BCUT2D eigenvalue weighted by Crippen LogP contribution is 1.93.